The third-order valence-electron chi connectivity index (χ3n) is 4.59. The first-order valence-electron chi connectivity index (χ1n) is 9.26. The number of aromatic amines is 1. The minimum Gasteiger partial charge on any atom is -0.326 e. The molecule has 0 aliphatic carbocycles. The molecule has 9 heteroatoms. The molecule has 4 rings (SSSR count). The number of aryl methyl sites for hydroxylation is 1. The maximum Gasteiger partial charge on any atom is 0.326 e. The third kappa shape index (κ3) is 4.63. The van der Waals surface area contributed by atoms with E-state index >= 15 is 0 Å². The summed E-state index contributed by atoms with van der Waals surface area (Å²) in [4.78, 5) is 31.8. The summed E-state index contributed by atoms with van der Waals surface area (Å²) in [5.74, 6) is -0.196. The zero-order chi connectivity index (χ0) is 22.0. The topological polar surface area (TPSA) is 91.3 Å². The molecule has 0 radical (unpaired) electrons. The quantitative estimate of drug-likeness (QED) is 0.310. The van der Waals surface area contributed by atoms with Gasteiger partial charge in [-0.2, -0.15) is 0 Å². The van der Waals surface area contributed by atoms with Crippen molar-refractivity contribution in [2.45, 2.75) is 0 Å². The van der Waals surface area contributed by atoms with Gasteiger partial charge in [-0.3, -0.25) is 14.7 Å². The first kappa shape index (κ1) is 20.7. The highest BCUT2D eigenvalue weighted by molar-refractivity contribution is 6.33. The monoisotopic (exact) mass is 453 g/mol. The van der Waals surface area contributed by atoms with Crippen molar-refractivity contribution in [1.29, 1.82) is 0 Å². The number of carbonyl (C=O) groups is 1. The summed E-state index contributed by atoms with van der Waals surface area (Å²) in [6.07, 6.45) is 0. The molecule has 0 atom stereocenters. The van der Waals surface area contributed by atoms with Crippen LogP contribution < -0.4 is 16.3 Å². The molecule has 0 aliphatic rings. The minimum atomic E-state index is -0.370. The van der Waals surface area contributed by atoms with E-state index in [1.54, 1.807) is 73.8 Å². The van der Waals surface area contributed by atoms with Gasteiger partial charge in [0.15, 0.2) is 0 Å². The summed E-state index contributed by atoms with van der Waals surface area (Å²) in [5, 5.41) is 6.83. The van der Waals surface area contributed by atoms with E-state index in [1.165, 1.54) is 4.57 Å². The normalized spacial score (nSPS) is 11.5. The largest absolute Gasteiger partial charge is 0.326 e. The van der Waals surface area contributed by atoms with Crippen molar-refractivity contribution in [3.63, 3.8) is 0 Å². The Kier molecular flexibility index (Phi) is 5.79. The summed E-state index contributed by atoms with van der Waals surface area (Å²) in [6.45, 7) is 0. The molecule has 0 unspecified atom stereocenters. The number of aliphatic imine (C=N–C) groups is 1. The Morgan fingerprint density at radius 3 is 2.52 bits per heavy atom. The van der Waals surface area contributed by atoms with Crippen LogP contribution in [0.25, 0.3) is 11.0 Å². The lowest BCUT2D eigenvalue weighted by molar-refractivity contribution is 0.0977. The molecule has 31 heavy (non-hydrogen) atoms. The second-order valence-electron chi connectivity index (χ2n) is 6.72. The number of H-pyrrole nitrogens is 1. The third-order valence-corrected chi connectivity index (χ3v) is 5.16. The molecule has 0 aliphatic heterocycles. The number of hydrogen-bond donors (Lipinski definition) is 3. The molecule has 4 aromatic rings. The highest BCUT2D eigenvalue weighted by atomic mass is 35.5. The number of rotatable bonds is 3. The SMILES string of the molecule is Cn1c(=O)[nH]c2ccc(NC(=Nc3ccccc3Cl)NC(=O)c3ccc(Cl)cc3)cc21. The Bertz CT molecular complexity index is 1360. The van der Waals surface area contributed by atoms with Gasteiger partial charge < -0.3 is 10.3 Å². The molecular formula is C22H17Cl2N5O2. The van der Waals surface area contributed by atoms with Crippen LogP contribution in [-0.4, -0.2) is 21.4 Å². The maximum absolute atomic E-state index is 12.7. The Hall–Kier alpha value is -3.55. The second kappa shape index (κ2) is 8.67. The number of guanidine groups is 1. The molecule has 1 amide bonds. The Balaban J connectivity index is 1.69. The van der Waals surface area contributed by atoms with Gasteiger partial charge in [-0.25, -0.2) is 9.79 Å². The second-order valence-corrected chi connectivity index (χ2v) is 7.56. The van der Waals surface area contributed by atoms with Crippen molar-refractivity contribution < 1.29 is 4.79 Å². The predicted octanol–water partition coefficient (Wildman–Crippen LogP) is 4.70. The zero-order valence-corrected chi connectivity index (χ0v) is 17.8. The van der Waals surface area contributed by atoms with Crippen LogP contribution in [0.15, 0.2) is 76.5 Å². The number of amides is 1. The fourth-order valence-electron chi connectivity index (χ4n) is 2.97. The number of nitrogens with zero attached hydrogens (tertiary/aromatic N) is 2. The van der Waals surface area contributed by atoms with Gasteiger partial charge in [-0.1, -0.05) is 35.3 Å². The van der Waals surface area contributed by atoms with E-state index in [0.29, 0.717) is 38.0 Å². The van der Waals surface area contributed by atoms with Crippen molar-refractivity contribution in [2.24, 2.45) is 12.0 Å². The molecular weight excluding hydrogens is 437 g/mol. The van der Waals surface area contributed by atoms with Crippen LogP contribution in [-0.2, 0) is 7.05 Å². The van der Waals surface area contributed by atoms with Crippen LogP contribution in [0.1, 0.15) is 10.4 Å². The van der Waals surface area contributed by atoms with E-state index in [0.717, 1.165) is 0 Å². The van der Waals surface area contributed by atoms with E-state index in [-0.39, 0.29) is 17.6 Å². The zero-order valence-electron chi connectivity index (χ0n) is 16.3. The molecule has 0 saturated carbocycles. The van der Waals surface area contributed by atoms with Crippen molar-refractivity contribution in [1.82, 2.24) is 14.9 Å². The number of fused-ring (bicyclic) bond motifs is 1. The highest BCUT2D eigenvalue weighted by Crippen LogP contribution is 2.24. The summed E-state index contributed by atoms with van der Waals surface area (Å²) < 4.78 is 1.50. The number of hydrogen-bond acceptors (Lipinski definition) is 3. The van der Waals surface area contributed by atoms with E-state index in [1.807, 2.05) is 0 Å². The van der Waals surface area contributed by atoms with E-state index in [4.69, 9.17) is 23.2 Å². The smallest absolute Gasteiger partial charge is 0.326 e. The number of carbonyl (C=O) groups excluding carboxylic acids is 1. The van der Waals surface area contributed by atoms with Crippen molar-refractivity contribution in [2.75, 3.05) is 5.32 Å². The average molecular weight is 454 g/mol. The fourth-order valence-corrected chi connectivity index (χ4v) is 3.27. The number of anilines is 1. The van der Waals surface area contributed by atoms with Gasteiger partial charge in [0.25, 0.3) is 5.91 Å². The number of para-hydroxylation sites is 1. The Labute approximate surface area is 187 Å². The van der Waals surface area contributed by atoms with Gasteiger partial charge in [0, 0.05) is 23.3 Å². The predicted molar refractivity (Wildman–Crippen MR) is 125 cm³/mol. The van der Waals surface area contributed by atoms with Crippen LogP contribution in [0.4, 0.5) is 11.4 Å². The highest BCUT2D eigenvalue weighted by Gasteiger charge is 2.12. The number of benzene rings is 3. The van der Waals surface area contributed by atoms with E-state index < -0.39 is 0 Å². The first-order chi connectivity index (χ1) is 14.9. The molecule has 7 nitrogen and oxygen atoms in total. The number of aromatic nitrogens is 2. The molecule has 1 heterocycles. The summed E-state index contributed by atoms with van der Waals surface area (Å²) in [5.41, 5.74) is 2.72. The van der Waals surface area contributed by atoms with Crippen LogP contribution in [0, 0.1) is 0 Å². The van der Waals surface area contributed by atoms with Gasteiger partial charge in [0.2, 0.25) is 5.96 Å². The van der Waals surface area contributed by atoms with Crippen LogP contribution in [0.2, 0.25) is 10.0 Å². The van der Waals surface area contributed by atoms with Gasteiger partial charge >= 0.3 is 5.69 Å². The maximum atomic E-state index is 12.7. The summed E-state index contributed by atoms with van der Waals surface area (Å²) >= 11 is 12.1. The van der Waals surface area contributed by atoms with Gasteiger partial charge in [0.05, 0.1) is 21.7 Å². The van der Waals surface area contributed by atoms with Crippen LogP contribution in [0.3, 0.4) is 0 Å². The molecule has 156 valence electrons. The van der Waals surface area contributed by atoms with E-state index in [9.17, 15) is 9.59 Å². The van der Waals surface area contributed by atoms with Crippen molar-refractivity contribution >= 4 is 57.5 Å². The Morgan fingerprint density at radius 2 is 1.77 bits per heavy atom. The minimum absolute atomic E-state index is 0.174. The molecule has 0 fully saturated rings. The van der Waals surface area contributed by atoms with Crippen molar-refractivity contribution in [3.05, 3.63) is 92.8 Å². The summed E-state index contributed by atoms with van der Waals surface area (Å²) in [6, 6.07) is 18.9. The van der Waals surface area contributed by atoms with Gasteiger partial charge in [0.1, 0.15) is 0 Å². The Morgan fingerprint density at radius 1 is 1.03 bits per heavy atom. The molecule has 0 bridgehead atoms. The van der Waals surface area contributed by atoms with Crippen LogP contribution >= 0.6 is 23.2 Å². The number of imidazole rings is 1. The molecule has 0 saturated heterocycles. The van der Waals surface area contributed by atoms with E-state index in [2.05, 4.69) is 20.6 Å². The lowest BCUT2D eigenvalue weighted by Gasteiger charge is -2.13. The molecule has 1 aromatic heterocycles. The van der Waals surface area contributed by atoms with Gasteiger partial charge in [-0.05, 0) is 54.6 Å². The first-order valence-corrected chi connectivity index (χ1v) is 10.0. The average Bonchev–Trinajstić information content (AvgIpc) is 3.03. The lowest BCUT2D eigenvalue weighted by Crippen LogP contribution is -2.35. The number of nitrogens with one attached hydrogen (secondary N) is 3. The van der Waals surface area contributed by atoms with Crippen molar-refractivity contribution in [3.8, 4) is 0 Å². The lowest BCUT2D eigenvalue weighted by atomic mass is 10.2. The van der Waals surface area contributed by atoms with Gasteiger partial charge in [-0.15, -0.1) is 0 Å². The number of halogens is 2. The fraction of sp³-hybridized carbons (Fsp3) is 0.0455. The molecule has 3 aromatic carbocycles. The van der Waals surface area contributed by atoms with Crippen LogP contribution in [0.5, 0.6) is 0 Å². The molecule has 0 spiro atoms. The standard InChI is InChI=1S/C22H17Cl2N5O2/c1-29-19-12-15(10-11-18(19)27-22(29)31)25-21(26-17-5-3-2-4-16(17)24)28-20(30)13-6-8-14(23)9-7-13/h2-12H,1H3,(H,27,31)(H2,25,26,28,30). The summed E-state index contributed by atoms with van der Waals surface area (Å²) in [7, 11) is 1.67. The molecule has 3 N–H and O–H groups in total.